The van der Waals surface area contributed by atoms with Crippen LogP contribution in [0.4, 0.5) is 0 Å². The smallest absolute Gasteiger partial charge is 0.197 e. The Hall–Kier alpha value is -1.09. The highest BCUT2D eigenvalue weighted by Gasteiger charge is 1.99. The lowest BCUT2D eigenvalue weighted by Gasteiger charge is -1.86. The number of hydrogen-bond donors (Lipinski definition) is 1. The number of carbonyl (C=O) groups is 1. The normalized spacial score (nSPS) is 10.3. The first-order valence-corrected chi connectivity index (χ1v) is 4.14. The van der Waals surface area contributed by atoms with Crippen LogP contribution < -0.4 is 5.32 Å². The summed E-state index contributed by atoms with van der Waals surface area (Å²) in [5.74, 6) is 0.0503. The molecule has 58 valence electrons. The number of rotatable bonds is 3. The highest BCUT2D eigenvalue weighted by atomic mass is 32.1. The molecule has 0 aliphatic heterocycles. The van der Waals surface area contributed by atoms with E-state index in [2.05, 4.69) is 5.32 Å². The Kier molecular flexibility index (Phi) is 2.86. The van der Waals surface area contributed by atoms with Gasteiger partial charge >= 0.3 is 0 Å². The van der Waals surface area contributed by atoms with Crippen LogP contribution in [0.1, 0.15) is 9.67 Å². The second-order valence-electron chi connectivity index (χ2n) is 1.96. The molecular weight excluding hydrogens is 158 g/mol. The first-order valence-electron chi connectivity index (χ1n) is 3.26. The second-order valence-corrected chi connectivity index (χ2v) is 2.91. The average molecular weight is 167 g/mol. The standard InChI is InChI=1S/C8H9NOS/c1-9-5-4-7(10)8-3-2-6-11-8/h2-6,9H,1H3/b5-4-. The van der Waals surface area contributed by atoms with Gasteiger partial charge in [0.05, 0.1) is 4.88 Å². The molecule has 0 spiro atoms. The summed E-state index contributed by atoms with van der Waals surface area (Å²) < 4.78 is 0. The quantitative estimate of drug-likeness (QED) is 0.548. The minimum Gasteiger partial charge on any atom is -0.394 e. The van der Waals surface area contributed by atoms with Gasteiger partial charge in [-0.3, -0.25) is 4.79 Å². The third kappa shape index (κ3) is 2.20. The minimum absolute atomic E-state index is 0.0503. The van der Waals surface area contributed by atoms with Gasteiger partial charge in [-0.05, 0) is 11.4 Å². The van der Waals surface area contributed by atoms with E-state index in [1.54, 1.807) is 13.2 Å². The molecule has 0 saturated carbocycles. The molecule has 0 bridgehead atoms. The van der Waals surface area contributed by atoms with Gasteiger partial charge in [0.2, 0.25) is 0 Å². The summed E-state index contributed by atoms with van der Waals surface area (Å²) in [6.07, 6.45) is 3.15. The number of carbonyl (C=O) groups excluding carboxylic acids is 1. The lowest BCUT2D eigenvalue weighted by Crippen LogP contribution is -1.96. The molecule has 3 heteroatoms. The molecule has 2 nitrogen and oxygen atoms in total. The SMILES string of the molecule is CN/C=C\C(=O)c1cccs1. The first-order chi connectivity index (χ1) is 5.34. The maximum Gasteiger partial charge on any atom is 0.197 e. The van der Waals surface area contributed by atoms with Gasteiger partial charge in [-0.2, -0.15) is 0 Å². The Labute approximate surface area is 69.6 Å². The molecule has 1 aromatic heterocycles. The average Bonchev–Trinajstić information content (AvgIpc) is 2.52. The number of thiophene rings is 1. The Morgan fingerprint density at radius 1 is 1.73 bits per heavy atom. The number of ketones is 1. The lowest BCUT2D eigenvalue weighted by molar-refractivity contribution is 0.105. The van der Waals surface area contributed by atoms with Gasteiger partial charge in [0.1, 0.15) is 0 Å². The van der Waals surface area contributed by atoms with Crippen molar-refractivity contribution in [2.45, 2.75) is 0 Å². The predicted octanol–water partition coefficient (Wildman–Crippen LogP) is 1.66. The fraction of sp³-hybridized carbons (Fsp3) is 0.125. The molecule has 0 aromatic carbocycles. The zero-order chi connectivity index (χ0) is 8.10. The molecule has 1 aromatic rings. The predicted molar refractivity (Wildman–Crippen MR) is 46.8 cm³/mol. The van der Waals surface area contributed by atoms with Gasteiger partial charge in [0.25, 0.3) is 0 Å². The molecule has 0 saturated heterocycles. The molecule has 0 amide bonds. The zero-order valence-electron chi connectivity index (χ0n) is 6.20. The molecule has 0 atom stereocenters. The summed E-state index contributed by atoms with van der Waals surface area (Å²) in [5.41, 5.74) is 0. The van der Waals surface area contributed by atoms with E-state index in [9.17, 15) is 4.79 Å². The maximum absolute atomic E-state index is 11.1. The van der Waals surface area contributed by atoms with E-state index in [1.165, 1.54) is 17.4 Å². The summed E-state index contributed by atoms with van der Waals surface area (Å²) in [4.78, 5) is 11.9. The molecular formula is C8H9NOS. The Balaban J connectivity index is 2.64. The molecule has 1 rings (SSSR count). The molecule has 1 N–H and O–H groups in total. The van der Waals surface area contributed by atoms with Crippen LogP contribution in [0, 0.1) is 0 Å². The van der Waals surface area contributed by atoms with Crippen LogP contribution in [0.5, 0.6) is 0 Å². The molecule has 0 fully saturated rings. The number of nitrogens with one attached hydrogen (secondary N) is 1. The van der Waals surface area contributed by atoms with Gasteiger partial charge in [0, 0.05) is 19.3 Å². The molecule has 11 heavy (non-hydrogen) atoms. The molecule has 0 radical (unpaired) electrons. The Bertz CT molecular complexity index is 251. The van der Waals surface area contributed by atoms with Crippen LogP contribution in [-0.4, -0.2) is 12.8 Å². The fourth-order valence-electron chi connectivity index (χ4n) is 0.660. The van der Waals surface area contributed by atoms with Gasteiger partial charge in [-0.25, -0.2) is 0 Å². The molecule has 1 heterocycles. The largest absolute Gasteiger partial charge is 0.394 e. The van der Waals surface area contributed by atoms with Crippen molar-refractivity contribution in [2.24, 2.45) is 0 Å². The maximum atomic E-state index is 11.1. The van der Waals surface area contributed by atoms with E-state index >= 15 is 0 Å². The summed E-state index contributed by atoms with van der Waals surface area (Å²) in [6.45, 7) is 0. The Morgan fingerprint density at radius 3 is 3.09 bits per heavy atom. The van der Waals surface area contributed by atoms with Gasteiger partial charge in [-0.15, -0.1) is 11.3 Å². The van der Waals surface area contributed by atoms with E-state index in [0.717, 1.165) is 4.88 Å². The van der Waals surface area contributed by atoms with Crippen molar-refractivity contribution in [1.29, 1.82) is 0 Å². The van der Waals surface area contributed by atoms with Crippen LogP contribution in [0.2, 0.25) is 0 Å². The molecule has 0 aliphatic rings. The summed E-state index contributed by atoms with van der Waals surface area (Å²) >= 11 is 1.45. The van der Waals surface area contributed by atoms with E-state index in [4.69, 9.17) is 0 Å². The van der Waals surface area contributed by atoms with E-state index in [1.807, 2.05) is 17.5 Å². The van der Waals surface area contributed by atoms with Crippen molar-refractivity contribution in [2.75, 3.05) is 7.05 Å². The van der Waals surface area contributed by atoms with Crippen molar-refractivity contribution in [1.82, 2.24) is 5.32 Å². The van der Waals surface area contributed by atoms with Crippen molar-refractivity contribution in [3.05, 3.63) is 34.7 Å². The van der Waals surface area contributed by atoms with E-state index in [-0.39, 0.29) is 5.78 Å². The number of allylic oxidation sites excluding steroid dienone is 1. The molecule has 0 unspecified atom stereocenters. The third-order valence-corrected chi connectivity index (χ3v) is 2.05. The highest BCUT2D eigenvalue weighted by molar-refractivity contribution is 7.12. The lowest BCUT2D eigenvalue weighted by atomic mass is 10.3. The van der Waals surface area contributed by atoms with Crippen LogP contribution >= 0.6 is 11.3 Å². The number of hydrogen-bond acceptors (Lipinski definition) is 3. The van der Waals surface area contributed by atoms with Crippen molar-refractivity contribution in [3.8, 4) is 0 Å². The molecule has 0 aliphatic carbocycles. The monoisotopic (exact) mass is 167 g/mol. The van der Waals surface area contributed by atoms with E-state index in [0.29, 0.717) is 0 Å². The second kappa shape index (κ2) is 3.93. The van der Waals surface area contributed by atoms with Crippen molar-refractivity contribution in [3.63, 3.8) is 0 Å². The fourth-order valence-corrected chi connectivity index (χ4v) is 1.30. The van der Waals surface area contributed by atoms with Crippen molar-refractivity contribution >= 4 is 17.1 Å². The first kappa shape index (κ1) is 8.01. The summed E-state index contributed by atoms with van der Waals surface area (Å²) in [7, 11) is 1.76. The van der Waals surface area contributed by atoms with Crippen LogP contribution in [0.3, 0.4) is 0 Å². The zero-order valence-corrected chi connectivity index (χ0v) is 7.02. The van der Waals surface area contributed by atoms with Crippen molar-refractivity contribution < 1.29 is 4.79 Å². The summed E-state index contributed by atoms with van der Waals surface area (Å²) in [5, 5.41) is 4.65. The van der Waals surface area contributed by atoms with Gasteiger partial charge in [-0.1, -0.05) is 6.07 Å². The van der Waals surface area contributed by atoms with Gasteiger partial charge in [0.15, 0.2) is 5.78 Å². The van der Waals surface area contributed by atoms with E-state index < -0.39 is 0 Å². The van der Waals surface area contributed by atoms with Crippen LogP contribution in [0.15, 0.2) is 29.8 Å². The minimum atomic E-state index is 0.0503. The van der Waals surface area contributed by atoms with Crippen LogP contribution in [-0.2, 0) is 0 Å². The van der Waals surface area contributed by atoms with Gasteiger partial charge < -0.3 is 5.32 Å². The highest BCUT2D eigenvalue weighted by Crippen LogP contribution is 2.09. The Morgan fingerprint density at radius 2 is 2.55 bits per heavy atom. The van der Waals surface area contributed by atoms with Crippen LogP contribution in [0.25, 0.3) is 0 Å². The third-order valence-electron chi connectivity index (χ3n) is 1.17. The topological polar surface area (TPSA) is 29.1 Å². The summed E-state index contributed by atoms with van der Waals surface area (Å²) in [6, 6.07) is 3.68.